The van der Waals surface area contributed by atoms with Crippen molar-refractivity contribution in [1.82, 2.24) is 0 Å². The van der Waals surface area contributed by atoms with Crippen molar-refractivity contribution < 1.29 is 15.7 Å². The molecule has 0 radical (unpaired) electrons. The number of benzene rings is 2. The van der Waals surface area contributed by atoms with Crippen LogP contribution in [0.1, 0.15) is 25.0 Å². The van der Waals surface area contributed by atoms with Crippen molar-refractivity contribution >= 4 is 0 Å². The Balaban J connectivity index is 0.00000220. The molecule has 3 heteroatoms. The first-order valence-corrected chi connectivity index (χ1v) is 6.52. The molecule has 4 N–H and O–H groups in total. The molecule has 2 atom stereocenters. The summed E-state index contributed by atoms with van der Waals surface area (Å²) in [6, 6.07) is 18.4. The maximum Gasteiger partial charge on any atom is 0.148 e. The van der Waals surface area contributed by atoms with E-state index in [2.05, 4.69) is 11.8 Å². The highest BCUT2D eigenvalue weighted by Crippen LogP contribution is 2.22. The fourth-order valence-corrected chi connectivity index (χ4v) is 1.91. The molecule has 2 unspecified atom stereocenters. The van der Waals surface area contributed by atoms with Gasteiger partial charge < -0.3 is 15.7 Å². The van der Waals surface area contributed by atoms with Gasteiger partial charge in [-0.15, -0.1) is 0 Å². The molecule has 2 aromatic carbocycles. The lowest BCUT2D eigenvalue weighted by Crippen LogP contribution is -2.23. The summed E-state index contributed by atoms with van der Waals surface area (Å²) < 4.78 is 0. The fraction of sp³-hybridized carbons (Fsp3) is 0.222. The Hall–Kier alpha value is -2.12. The third-order valence-corrected chi connectivity index (χ3v) is 3.22. The standard InChI is InChI=1S/C18H18O2.H2O/c1-17(19,15-9-5-3-6-10-15)13-14-18(2,20)16-11-7-4-8-12-16;/h3-12,19-20H,1-2H3;1H2. The maximum atomic E-state index is 10.4. The van der Waals surface area contributed by atoms with E-state index < -0.39 is 11.2 Å². The molecule has 2 aromatic rings. The molecule has 0 bridgehead atoms. The fourth-order valence-electron chi connectivity index (χ4n) is 1.91. The van der Waals surface area contributed by atoms with Crippen LogP contribution in [0.4, 0.5) is 0 Å². The van der Waals surface area contributed by atoms with Gasteiger partial charge in [0.05, 0.1) is 0 Å². The topological polar surface area (TPSA) is 72.0 Å². The van der Waals surface area contributed by atoms with Crippen LogP contribution in [-0.2, 0) is 11.2 Å². The minimum atomic E-state index is -1.29. The van der Waals surface area contributed by atoms with Gasteiger partial charge in [0.25, 0.3) is 0 Å². The first-order valence-electron chi connectivity index (χ1n) is 6.52. The van der Waals surface area contributed by atoms with Gasteiger partial charge in [0.15, 0.2) is 0 Å². The molecule has 0 saturated carbocycles. The number of hydrogen-bond acceptors (Lipinski definition) is 2. The van der Waals surface area contributed by atoms with Crippen molar-refractivity contribution in [2.75, 3.05) is 0 Å². The number of aliphatic hydroxyl groups is 2. The predicted octanol–water partition coefficient (Wildman–Crippen LogP) is 1.98. The van der Waals surface area contributed by atoms with Crippen LogP contribution in [0.15, 0.2) is 60.7 Å². The van der Waals surface area contributed by atoms with Gasteiger partial charge in [-0.1, -0.05) is 72.5 Å². The molecular weight excluding hydrogens is 264 g/mol. The van der Waals surface area contributed by atoms with Gasteiger partial charge in [-0.05, 0) is 25.0 Å². The van der Waals surface area contributed by atoms with Crippen LogP contribution in [0.5, 0.6) is 0 Å². The third-order valence-electron chi connectivity index (χ3n) is 3.22. The number of rotatable bonds is 2. The minimum Gasteiger partial charge on any atom is -0.412 e. The van der Waals surface area contributed by atoms with Gasteiger partial charge in [-0.2, -0.15) is 0 Å². The van der Waals surface area contributed by atoms with Crippen LogP contribution in [0.25, 0.3) is 0 Å². The Kier molecular flexibility index (Phi) is 5.28. The second-order valence-electron chi connectivity index (χ2n) is 5.13. The average Bonchev–Trinajstić information content (AvgIpc) is 2.47. The molecule has 21 heavy (non-hydrogen) atoms. The van der Waals surface area contributed by atoms with E-state index in [0.29, 0.717) is 11.1 Å². The largest absolute Gasteiger partial charge is 0.412 e. The lowest BCUT2D eigenvalue weighted by molar-refractivity contribution is 0.109. The second-order valence-corrected chi connectivity index (χ2v) is 5.13. The molecule has 0 saturated heterocycles. The Morgan fingerprint density at radius 3 is 1.24 bits per heavy atom. The van der Waals surface area contributed by atoms with Crippen molar-refractivity contribution in [2.24, 2.45) is 0 Å². The normalized spacial score (nSPS) is 15.6. The molecule has 0 spiro atoms. The van der Waals surface area contributed by atoms with Crippen LogP contribution in [0.3, 0.4) is 0 Å². The van der Waals surface area contributed by atoms with E-state index in [1.165, 1.54) is 0 Å². The minimum absolute atomic E-state index is 0. The summed E-state index contributed by atoms with van der Waals surface area (Å²) in [5, 5.41) is 20.8. The van der Waals surface area contributed by atoms with E-state index in [-0.39, 0.29) is 5.48 Å². The van der Waals surface area contributed by atoms with E-state index in [1.807, 2.05) is 60.7 Å². The molecule has 110 valence electrons. The van der Waals surface area contributed by atoms with E-state index >= 15 is 0 Å². The highest BCUT2D eigenvalue weighted by Gasteiger charge is 2.23. The molecule has 0 aromatic heterocycles. The van der Waals surface area contributed by atoms with Gasteiger partial charge in [0.2, 0.25) is 0 Å². The monoisotopic (exact) mass is 284 g/mol. The Morgan fingerprint density at radius 1 is 0.667 bits per heavy atom. The van der Waals surface area contributed by atoms with E-state index in [1.54, 1.807) is 13.8 Å². The van der Waals surface area contributed by atoms with Crippen LogP contribution < -0.4 is 0 Å². The Labute approximate surface area is 125 Å². The van der Waals surface area contributed by atoms with Crippen LogP contribution in [-0.4, -0.2) is 15.7 Å². The molecule has 0 aliphatic rings. The lowest BCUT2D eigenvalue weighted by atomic mass is 9.92. The summed E-state index contributed by atoms with van der Waals surface area (Å²) in [7, 11) is 0. The summed E-state index contributed by atoms with van der Waals surface area (Å²) in [4.78, 5) is 0. The molecule has 0 heterocycles. The van der Waals surface area contributed by atoms with Gasteiger partial charge in [-0.25, -0.2) is 0 Å². The molecular formula is C18H20O3. The lowest BCUT2D eigenvalue weighted by Gasteiger charge is -2.20. The zero-order valence-corrected chi connectivity index (χ0v) is 12.2. The summed E-state index contributed by atoms with van der Waals surface area (Å²) >= 11 is 0. The smallest absolute Gasteiger partial charge is 0.148 e. The molecule has 2 rings (SSSR count). The van der Waals surface area contributed by atoms with Gasteiger partial charge >= 0.3 is 0 Å². The van der Waals surface area contributed by atoms with E-state index in [0.717, 1.165) is 0 Å². The van der Waals surface area contributed by atoms with Crippen molar-refractivity contribution in [2.45, 2.75) is 25.0 Å². The SMILES string of the molecule is CC(O)(C#CC(C)(O)c1ccccc1)c1ccccc1.O. The van der Waals surface area contributed by atoms with Crippen molar-refractivity contribution in [1.29, 1.82) is 0 Å². The zero-order chi connectivity index (χ0) is 14.6. The van der Waals surface area contributed by atoms with Crippen molar-refractivity contribution in [3.05, 3.63) is 71.8 Å². The highest BCUT2D eigenvalue weighted by atomic mass is 16.3. The zero-order valence-electron chi connectivity index (χ0n) is 12.2. The molecule has 0 aliphatic heterocycles. The molecule has 3 nitrogen and oxygen atoms in total. The number of hydrogen-bond donors (Lipinski definition) is 2. The molecule has 0 fully saturated rings. The molecule has 0 aliphatic carbocycles. The third kappa shape index (κ3) is 4.17. The second kappa shape index (κ2) is 6.55. The van der Waals surface area contributed by atoms with Gasteiger partial charge in [0.1, 0.15) is 11.2 Å². The van der Waals surface area contributed by atoms with Crippen molar-refractivity contribution in [3.8, 4) is 11.8 Å². The van der Waals surface area contributed by atoms with Crippen LogP contribution >= 0.6 is 0 Å². The summed E-state index contributed by atoms with van der Waals surface area (Å²) in [6.45, 7) is 3.24. The van der Waals surface area contributed by atoms with Crippen LogP contribution in [0.2, 0.25) is 0 Å². The highest BCUT2D eigenvalue weighted by molar-refractivity contribution is 5.36. The Bertz CT molecular complexity index is 564. The predicted molar refractivity (Wildman–Crippen MR) is 83.4 cm³/mol. The Morgan fingerprint density at radius 2 is 0.952 bits per heavy atom. The molecule has 0 amide bonds. The maximum absolute atomic E-state index is 10.4. The van der Waals surface area contributed by atoms with Gasteiger partial charge in [0, 0.05) is 0 Å². The summed E-state index contributed by atoms with van der Waals surface area (Å²) in [5.74, 6) is 5.54. The first kappa shape index (κ1) is 16.9. The van der Waals surface area contributed by atoms with Crippen LogP contribution in [0, 0.1) is 11.8 Å². The summed E-state index contributed by atoms with van der Waals surface area (Å²) in [5.41, 5.74) is -1.17. The average molecular weight is 284 g/mol. The van der Waals surface area contributed by atoms with E-state index in [9.17, 15) is 10.2 Å². The van der Waals surface area contributed by atoms with Crippen molar-refractivity contribution in [3.63, 3.8) is 0 Å². The van der Waals surface area contributed by atoms with Gasteiger partial charge in [-0.3, -0.25) is 0 Å². The quantitative estimate of drug-likeness (QED) is 0.828. The first-order chi connectivity index (χ1) is 9.42. The van der Waals surface area contributed by atoms with E-state index in [4.69, 9.17) is 0 Å². The summed E-state index contributed by atoms with van der Waals surface area (Å²) in [6.07, 6.45) is 0.